The van der Waals surface area contributed by atoms with Gasteiger partial charge in [-0.1, -0.05) is 0 Å². The number of nitrogens with one attached hydrogen (secondary N) is 1. The largest absolute Gasteiger partial charge is 0.488 e. The molecule has 12 heteroatoms. The van der Waals surface area contributed by atoms with Crippen molar-refractivity contribution in [2.45, 2.75) is 32.5 Å². The molecule has 3 rings (SSSR count). The van der Waals surface area contributed by atoms with Gasteiger partial charge in [0, 0.05) is 43.6 Å². The van der Waals surface area contributed by atoms with Gasteiger partial charge < -0.3 is 14.6 Å². The lowest BCUT2D eigenvalue weighted by Gasteiger charge is -2.19. The quantitative estimate of drug-likeness (QED) is 0.434. The first-order valence-electron chi connectivity index (χ1n) is 9.65. The number of fused-ring (bicyclic) bond motifs is 1. The highest BCUT2D eigenvalue weighted by molar-refractivity contribution is 5.98. The highest BCUT2D eigenvalue weighted by Gasteiger charge is 2.39. The molecule has 0 saturated carbocycles. The number of alkyl halides is 4. The standard InChI is InChI=1S/C20H21F4N5O3/c1-11(20(22,23)24)29-19(31)17(32-6-4-5-21)8-15(27-29)14-10-28(3)16-9-25-18(7-13(14)16)26-12(2)30/h7-11H,4-6H2,1-3H3,(H,25,26,30)/t11-/m0/s1. The first-order valence-corrected chi connectivity index (χ1v) is 9.65. The van der Waals surface area contributed by atoms with E-state index in [0.717, 1.165) is 6.92 Å². The number of hydrogen-bond acceptors (Lipinski definition) is 5. The summed E-state index contributed by atoms with van der Waals surface area (Å²) < 4.78 is 59.9. The monoisotopic (exact) mass is 455 g/mol. The van der Waals surface area contributed by atoms with Crippen molar-refractivity contribution in [1.82, 2.24) is 19.3 Å². The predicted molar refractivity (Wildman–Crippen MR) is 109 cm³/mol. The number of pyridine rings is 1. The summed E-state index contributed by atoms with van der Waals surface area (Å²) in [6, 6.07) is 0.568. The highest BCUT2D eigenvalue weighted by atomic mass is 19.4. The molecule has 0 aliphatic heterocycles. The van der Waals surface area contributed by atoms with Gasteiger partial charge in [0.2, 0.25) is 5.91 Å². The van der Waals surface area contributed by atoms with Crippen LogP contribution in [0.3, 0.4) is 0 Å². The zero-order chi connectivity index (χ0) is 23.6. The second kappa shape index (κ2) is 8.97. The number of rotatable bonds is 7. The molecule has 0 aliphatic rings. The molecule has 0 saturated heterocycles. The number of nitrogens with zero attached hydrogens (tertiary/aromatic N) is 4. The van der Waals surface area contributed by atoms with E-state index in [4.69, 9.17) is 4.74 Å². The van der Waals surface area contributed by atoms with Crippen LogP contribution in [0.25, 0.3) is 22.2 Å². The summed E-state index contributed by atoms with van der Waals surface area (Å²) in [6.45, 7) is 1.25. The Labute approximate surface area is 179 Å². The van der Waals surface area contributed by atoms with Gasteiger partial charge in [-0.2, -0.15) is 18.3 Å². The molecule has 0 fully saturated rings. The molecule has 0 radical (unpaired) electrons. The number of carbonyl (C=O) groups excluding carboxylic acids is 1. The van der Waals surface area contributed by atoms with Crippen molar-refractivity contribution < 1.29 is 27.1 Å². The lowest BCUT2D eigenvalue weighted by atomic mass is 10.1. The average molecular weight is 455 g/mol. The molecule has 8 nitrogen and oxygen atoms in total. The Kier molecular flexibility index (Phi) is 6.51. The zero-order valence-corrected chi connectivity index (χ0v) is 17.5. The van der Waals surface area contributed by atoms with Gasteiger partial charge in [0.15, 0.2) is 5.75 Å². The van der Waals surface area contributed by atoms with Gasteiger partial charge in [0.1, 0.15) is 11.9 Å². The van der Waals surface area contributed by atoms with Gasteiger partial charge in [-0.25, -0.2) is 9.67 Å². The number of carbonyl (C=O) groups is 1. The van der Waals surface area contributed by atoms with E-state index in [0.29, 0.717) is 21.1 Å². The molecule has 0 aromatic carbocycles. The fourth-order valence-corrected chi connectivity index (χ4v) is 3.09. The van der Waals surface area contributed by atoms with Crippen LogP contribution in [0.2, 0.25) is 0 Å². The number of ether oxygens (including phenoxy) is 1. The average Bonchev–Trinajstić information content (AvgIpc) is 3.03. The van der Waals surface area contributed by atoms with Crippen LogP contribution in [0.4, 0.5) is 23.4 Å². The van der Waals surface area contributed by atoms with E-state index in [9.17, 15) is 27.2 Å². The van der Waals surface area contributed by atoms with E-state index in [1.807, 2.05) is 0 Å². The van der Waals surface area contributed by atoms with Gasteiger partial charge in [-0.15, -0.1) is 0 Å². The van der Waals surface area contributed by atoms with E-state index in [1.54, 1.807) is 23.9 Å². The third-order valence-electron chi connectivity index (χ3n) is 4.73. The maximum absolute atomic E-state index is 13.4. The minimum Gasteiger partial charge on any atom is -0.488 e. The van der Waals surface area contributed by atoms with Crippen molar-refractivity contribution in [3.05, 3.63) is 34.9 Å². The molecule has 32 heavy (non-hydrogen) atoms. The second-order valence-electron chi connectivity index (χ2n) is 7.17. The molecule has 3 aromatic heterocycles. The number of halogens is 4. The van der Waals surface area contributed by atoms with Crippen LogP contribution >= 0.6 is 0 Å². The van der Waals surface area contributed by atoms with Gasteiger partial charge >= 0.3 is 11.7 Å². The Morgan fingerprint density at radius 1 is 1.31 bits per heavy atom. The molecule has 3 heterocycles. The first kappa shape index (κ1) is 23.2. The predicted octanol–water partition coefficient (Wildman–Crippen LogP) is 3.62. The Balaban J connectivity index is 2.21. The molecular weight excluding hydrogens is 434 g/mol. The molecule has 1 atom stereocenters. The SMILES string of the molecule is CC(=O)Nc1cc2c(-c3cc(OCCCF)c(=O)n([C@@H](C)C(F)(F)F)n3)cn(C)c2cn1. The molecular formula is C20H21F4N5O3. The third kappa shape index (κ3) is 4.73. The lowest BCUT2D eigenvalue weighted by molar-refractivity contribution is -0.166. The number of anilines is 1. The maximum atomic E-state index is 13.4. The summed E-state index contributed by atoms with van der Waals surface area (Å²) in [4.78, 5) is 28.1. The fourth-order valence-electron chi connectivity index (χ4n) is 3.09. The number of aryl methyl sites for hydroxylation is 1. The van der Waals surface area contributed by atoms with Crippen LogP contribution in [0, 0.1) is 0 Å². The first-order chi connectivity index (χ1) is 15.0. The summed E-state index contributed by atoms with van der Waals surface area (Å²) >= 11 is 0. The van der Waals surface area contributed by atoms with Crippen LogP contribution < -0.4 is 15.6 Å². The minimum atomic E-state index is -4.73. The maximum Gasteiger partial charge on any atom is 0.410 e. The summed E-state index contributed by atoms with van der Waals surface area (Å²) in [7, 11) is 1.71. The Morgan fingerprint density at radius 2 is 2.03 bits per heavy atom. The van der Waals surface area contributed by atoms with Crippen molar-refractivity contribution in [3.8, 4) is 17.0 Å². The number of hydrogen-bond donors (Lipinski definition) is 1. The summed E-state index contributed by atoms with van der Waals surface area (Å²) in [5.41, 5.74) is -0.00724. The fraction of sp³-hybridized carbons (Fsp3) is 0.400. The van der Waals surface area contributed by atoms with Gasteiger partial charge in [0.05, 0.1) is 30.7 Å². The van der Waals surface area contributed by atoms with Crippen LogP contribution in [0.5, 0.6) is 5.75 Å². The number of aromatic nitrogens is 4. The Morgan fingerprint density at radius 3 is 2.66 bits per heavy atom. The smallest absolute Gasteiger partial charge is 0.410 e. The molecule has 1 N–H and O–H groups in total. The summed E-state index contributed by atoms with van der Waals surface area (Å²) in [6.07, 6.45) is -1.64. The molecule has 0 aliphatic carbocycles. The van der Waals surface area contributed by atoms with E-state index in [2.05, 4.69) is 15.4 Å². The molecule has 1 amide bonds. The van der Waals surface area contributed by atoms with E-state index >= 15 is 0 Å². The third-order valence-corrected chi connectivity index (χ3v) is 4.73. The molecule has 172 valence electrons. The van der Waals surface area contributed by atoms with Crippen LogP contribution in [-0.2, 0) is 11.8 Å². The van der Waals surface area contributed by atoms with Crippen molar-refractivity contribution >= 4 is 22.6 Å². The van der Waals surface area contributed by atoms with Gasteiger partial charge in [-0.3, -0.25) is 14.0 Å². The molecule has 0 unspecified atom stereocenters. The molecule has 0 bridgehead atoms. The topological polar surface area (TPSA) is 91.0 Å². The van der Waals surface area contributed by atoms with Gasteiger partial charge in [0.25, 0.3) is 0 Å². The molecule has 0 spiro atoms. The Bertz CT molecular complexity index is 1200. The number of amides is 1. The second-order valence-corrected chi connectivity index (χ2v) is 7.17. The highest BCUT2D eigenvalue weighted by Crippen LogP contribution is 2.33. The van der Waals surface area contributed by atoms with Crippen molar-refractivity contribution in [2.24, 2.45) is 7.05 Å². The van der Waals surface area contributed by atoms with Gasteiger partial charge in [-0.05, 0) is 13.0 Å². The van der Waals surface area contributed by atoms with Crippen LogP contribution in [0.15, 0.2) is 29.3 Å². The molecule has 3 aromatic rings. The lowest BCUT2D eigenvalue weighted by Crippen LogP contribution is -2.35. The van der Waals surface area contributed by atoms with E-state index in [-0.39, 0.29) is 36.2 Å². The normalized spacial score (nSPS) is 12.7. The van der Waals surface area contributed by atoms with E-state index in [1.165, 1.54) is 19.2 Å². The van der Waals surface area contributed by atoms with Crippen molar-refractivity contribution in [2.75, 3.05) is 18.6 Å². The van der Waals surface area contributed by atoms with Crippen molar-refractivity contribution in [3.63, 3.8) is 0 Å². The van der Waals surface area contributed by atoms with Crippen LogP contribution in [0.1, 0.15) is 26.3 Å². The Hall–Kier alpha value is -3.44. The summed E-state index contributed by atoms with van der Waals surface area (Å²) in [5.74, 6) is -0.467. The van der Waals surface area contributed by atoms with E-state index < -0.39 is 24.5 Å². The van der Waals surface area contributed by atoms with Crippen molar-refractivity contribution in [1.29, 1.82) is 0 Å². The minimum absolute atomic E-state index is 0.0219. The van der Waals surface area contributed by atoms with Crippen LogP contribution in [-0.4, -0.2) is 44.7 Å². The zero-order valence-electron chi connectivity index (χ0n) is 17.5. The summed E-state index contributed by atoms with van der Waals surface area (Å²) in [5, 5.41) is 7.05.